The van der Waals surface area contributed by atoms with E-state index in [0.29, 0.717) is 31.2 Å². The van der Waals surface area contributed by atoms with E-state index in [1.807, 2.05) is 0 Å². The Morgan fingerprint density at radius 3 is 2.58 bits per heavy atom. The summed E-state index contributed by atoms with van der Waals surface area (Å²) in [5.41, 5.74) is -1.40. The van der Waals surface area contributed by atoms with Crippen LogP contribution in [0, 0.1) is 45.7 Å². The van der Waals surface area contributed by atoms with Gasteiger partial charge in [0.15, 0.2) is 17.7 Å². The Morgan fingerprint density at radius 1 is 1.23 bits per heavy atom. The number of hydrogen-bond acceptors (Lipinski definition) is 7. The van der Waals surface area contributed by atoms with Gasteiger partial charge >= 0.3 is 13.1 Å². The third-order valence-corrected chi connectivity index (χ3v) is 12.7. The number of carbonyl (C=O) groups is 2. The van der Waals surface area contributed by atoms with E-state index in [9.17, 15) is 24.8 Å². The molecule has 1 aromatic rings. The quantitative estimate of drug-likeness (QED) is 0.364. The van der Waals surface area contributed by atoms with Crippen LogP contribution in [-0.4, -0.2) is 70.9 Å². The number of ketones is 1. The van der Waals surface area contributed by atoms with Crippen LogP contribution in [-0.2, 0) is 20.9 Å². The monoisotopic (exact) mass is 601 g/mol. The van der Waals surface area contributed by atoms with Gasteiger partial charge in [-0.05, 0) is 91.4 Å². The summed E-state index contributed by atoms with van der Waals surface area (Å²) in [4.78, 5) is 29.4. The van der Waals surface area contributed by atoms with Crippen molar-refractivity contribution >= 4 is 24.3 Å². The Hall–Kier alpha value is -2.01. The number of nitrogens with zero attached hydrogens (tertiary/aromatic N) is 1. The molecule has 8 nitrogen and oxygen atoms in total. The third kappa shape index (κ3) is 5.04. The zero-order valence-electron chi connectivity index (χ0n) is 26.6. The number of halogens is 1. The number of carboxylic acid groups (broad SMARTS) is 1. The Bertz CT molecular complexity index is 1240. The molecule has 3 aliphatic carbocycles. The fraction of sp³-hybridized carbons (Fsp3) is 0.758. The second kappa shape index (κ2) is 11.7. The molecule has 1 aliphatic heterocycles. The van der Waals surface area contributed by atoms with Gasteiger partial charge in [0.25, 0.3) is 0 Å². The van der Waals surface area contributed by atoms with E-state index in [4.69, 9.17) is 9.39 Å². The first kappa shape index (κ1) is 32.4. The lowest BCUT2D eigenvalue weighted by molar-refractivity contribution is -0.200. The van der Waals surface area contributed by atoms with E-state index in [1.165, 1.54) is 6.07 Å². The first-order valence-corrected chi connectivity index (χ1v) is 16.2. The Labute approximate surface area is 255 Å². The van der Waals surface area contributed by atoms with Crippen LogP contribution < -0.4 is 10.2 Å². The number of carbonyl (C=O) groups excluding carboxylic acids is 1. The minimum atomic E-state index is -1.47. The second-order valence-corrected chi connectivity index (χ2v) is 14.4. The fourth-order valence-electron chi connectivity index (χ4n) is 9.77. The molecule has 238 valence electrons. The maximum atomic E-state index is 15.8. The summed E-state index contributed by atoms with van der Waals surface area (Å²) in [5.74, 6) is -3.42. The van der Waals surface area contributed by atoms with Crippen LogP contribution in [0.5, 0.6) is 5.75 Å². The molecule has 1 aromatic carbocycles. The second-order valence-electron chi connectivity index (χ2n) is 14.4. The highest BCUT2D eigenvalue weighted by molar-refractivity contribution is 6.61. The predicted molar refractivity (Wildman–Crippen MR) is 161 cm³/mol. The van der Waals surface area contributed by atoms with Crippen molar-refractivity contribution in [2.45, 2.75) is 98.9 Å². The molecule has 3 fully saturated rings. The molecule has 0 aromatic heterocycles. The topological polar surface area (TPSA) is 117 Å². The zero-order valence-corrected chi connectivity index (χ0v) is 26.6. The molecule has 10 heteroatoms. The van der Waals surface area contributed by atoms with E-state index in [1.54, 1.807) is 6.07 Å². The zero-order chi connectivity index (χ0) is 31.5. The van der Waals surface area contributed by atoms with Crippen LogP contribution in [0.3, 0.4) is 0 Å². The highest BCUT2D eigenvalue weighted by Gasteiger charge is 2.69. The SMILES string of the molecule is CCN(CC)CC[C@@]1(C)C[C@@H](C(Oc2ccc3c(c2F)B(O)OC3)C(=O)O)[C@@]2(C)[C@H](C)CC[C@]3(CCC(=O)[C@H]32)[C@@H](C)[C@@H]1O. The van der Waals surface area contributed by atoms with Crippen molar-refractivity contribution in [2.75, 3.05) is 19.6 Å². The van der Waals surface area contributed by atoms with Gasteiger partial charge in [-0.15, -0.1) is 0 Å². The number of fused-ring (bicyclic) bond motifs is 1. The van der Waals surface area contributed by atoms with Crippen molar-refractivity contribution in [2.24, 2.45) is 39.9 Å². The summed E-state index contributed by atoms with van der Waals surface area (Å²) in [6.07, 6.45) is 1.47. The average Bonchev–Trinajstić information content (AvgIpc) is 3.53. The summed E-state index contributed by atoms with van der Waals surface area (Å²) in [7, 11) is -1.45. The number of hydrogen-bond donors (Lipinski definition) is 3. The van der Waals surface area contributed by atoms with Gasteiger partial charge in [0.05, 0.1) is 12.7 Å². The largest absolute Gasteiger partial charge is 0.494 e. The van der Waals surface area contributed by atoms with Crippen molar-refractivity contribution < 1.29 is 38.6 Å². The number of aliphatic hydroxyl groups is 1. The number of aliphatic hydroxyl groups excluding tert-OH is 1. The highest BCUT2D eigenvalue weighted by Crippen LogP contribution is 2.69. The molecule has 0 radical (unpaired) electrons. The molecule has 1 unspecified atom stereocenters. The molecule has 2 bridgehead atoms. The van der Waals surface area contributed by atoms with Gasteiger partial charge in [-0.25, -0.2) is 9.18 Å². The lowest BCUT2D eigenvalue weighted by atomic mass is 9.41. The van der Waals surface area contributed by atoms with Gasteiger partial charge in [-0.2, -0.15) is 0 Å². The number of aliphatic carboxylic acids is 1. The number of rotatable bonds is 9. The molecule has 3 N–H and O–H groups in total. The van der Waals surface area contributed by atoms with Crippen LogP contribution in [0.2, 0.25) is 0 Å². The first-order valence-electron chi connectivity index (χ1n) is 16.2. The fourth-order valence-corrected chi connectivity index (χ4v) is 9.77. The van der Waals surface area contributed by atoms with Crippen molar-refractivity contribution in [3.05, 3.63) is 23.5 Å². The Kier molecular flexibility index (Phi) is 8.84. The van der Waals surface area contributed by atoms with Gasteiger partial charge in [-0.1, -0.05) is 47.6 Å². The average molecular weight is 602 g/mol. The molecule has 43 heavy (non-hydrogen) atoms. The molecular weight excluding hydrogens is 552 g/mol. The summed E-state index contributed by atoms with van der Waals surface area (Å²) < 4.78 is 27.1. The van der Waals surface area contributed by atoms with Crippen LogP contribution >= 0.6 is 0 Å². The van der Waals surface area contributed by atoms with Crippen LogP contribution in [0.4, 0.5) is 4.39 Å². The van der Waals surface area contributed by atoms with Crippen molar-refractivity contribution in [3.8, 4) is 5.75 Å². The van der Waals surface area contributed by atoms with E-state index >= 15 is 4.39 Å². The molecule has 0 spiro atoms. The molecule has 0 amide bonds. The van der Waals surface area contributed by atoms with Gasteiger partial charge in [0.2, 0.25) is 0 Å². The lowest BCUT2D eigenvalue weighted by Gasteiger charge is -2.63. The summed E-state index contributed by atoms with van der Waals surface area (Å²) in [5, 5.41) is 33.3. The van der Waals surface area contributed by atoms with Crippen LogP contribution in [0.15, 0.2) is 12.1 Å². The molecule has 3 saturated carbocycles. The molecule has 1 heterocycles. The summed E-state index contributed by atoms with van der Waals surface area (Å²) in [6, 6.07) is 3.00. The maximum absolute atomic E-state index is 15.8. The first-order chi connectivity index (χ1) is 20.2. The smallest absolute Gasteiger partial charge is 0.478 e. The van der Waals surface area contributed by atoms with Crippen LogP contribution in [0.1, 0.15) is 85.6 Å². The lowest BCUT2D eigenvalue weighted by Crippen LogP contribution is -2.64. The molecule has 4 aliphatic rings. The van der Waals surface area contributed by atoms with E-state index in [0.717, 1.165) is 32.5 Å². The highest BCUT2D eigenvalue weighted by atomic mass is 19.1. The van der Waals surface area contributed by atoms with Gasteiger partial charge in [0.1, 0.15) is 5.78 Å². The number of Topliss-reactive ketones (excluding diaryl/α,β-unsaturated/α-hetero) is 1. The molecule has 9 atom stereocenters. The standard InChI is InChI=1S/C33H49BFNO7/c1-7-36(8-2)16-15-31(5)17-22(27(30(39)40)43-24-10-9-21-18-42-34(41)25(21)26(24)35)32(6)19(3)11-13-33(20(4)29(31)38)14-12-23(37)28(32)33/h9-10,19-20,22,27-29,38,41H,7-8,11-18H2,1-6H3,(H,39,40)/t19-,20+,22+,27?,28+,29+,31+,32-,33+/m1/s1. The maximum Gasteiger partial charge on any atom is 0.494 e. The predicted octanol–water partition coefficient (Wildman–Crippen LogP) is 4.03. The molecular formula is C33H49BFNO7. The van der Waals surface area contributed by atoms with Gasteiger partial charge in [0, 0.05) is 23.7 Å². The van der Waals surface area contributed by atoms with E-state index in [-0.39, 0.29) is 35.4 Å². The van der Waals surface area contributed by atoms with Gasteiger partial charge < -0.3 is 29.5 Å². The molecule has 0 saturated heterocycles. The van der Waals surface area contributed by atoms with Crippen molar-refractivity contribution in [3.63, 3.8) is 0 Å². The number of benzene rings is 1. The van der Waals surface area contributed by atoms with E-state index < -0.39 is 59.2 Å². The van der Waals surface area contributed by atoms with Gasteiger partial charge in [-0.3, -0.25) is 4.79 Å². The molecule has 5 rings (SSSR count). The summed E-state index contributed by atoms with van der Waals surface area (Å²) >= 11 is 0. The number of ether oxygens (including phenoxy) is 1. The Morgan fingerprint density at radius 2 is 1.93 bits per heavy atom. The van der Waals surface area contributed by atoms with Crippen molar-refractivity contribution in [1.29, 1.82) is 0 Å². The van der Waals surface area contributed by atoms with Crippen LogP contribution in [0.25, 0.3) is 0 Å². The van der Waals surface area contributed by atoms with E-state index in [2.05, 4.69) is 46.4 Å². The minimum Gasteiger partial charge on any atom is -0.478 e. The van der Waals surface area contributed by atoms with Crippen molar-refractivity contribution in [1.82, 2.24) is 4.90 Å². The summed E-state index contributed by atoms with van der Waals surface area (Å²) in [6.45, 7) is 15.1. The minimum absolute atomic E-state index is 0.0117. The normalized spacial score (nSPS) is 38.0. The third-order valence-electron chi connectivity index (χ3n) is 12.7. The number of carboxylic acids is 1. The Balaban J connectivity index is 1.65.